The zero-order valence-corrected chi connectivity index (χ0v) is 21.6. The zero-order chi connectivity index (χ0) is 26.2. The number of aliphatic hydroxyl groups excluding tert-OH is 1. The maximum atomic E-state index is 12.5. The number of carbonyl (C=O) groups is 1. The highest BCUT2D eigenvalue weighted by Crippen LogP contribution is 2.62. The van der Waals surface area contributed by atoms with Crippen molar-refractivity contribution in [3.05, 3.63) is 94.3 Å². The number of benzene rings is 2. The van der Waals surface area contributed by atoms with Crippen LogP contribution in [-0.2, 0) is 11.3 Å². The summed E-state index contributed by atoms with van der Waals surface area (Å²) in [5.74, 6) is 1.45. The molecule has 190 valence electrons. The molecule has 7 heteroatoms. The van der Waals surface area contributed by atoms with Gasteiger partial charge in [0.05, 0.1) is 11.1 Å². The molecule has 0 aromatic heterocycles. The standard InChI is InChI=1S/C30H30N2O5/c1-17-11-14-22-28(2,3)25(32-35-5)21(36-19-9-7-6-8-10-19)16-30(22)29(17,4)15-18-12-13-20-23(24(18)37-30)27(34)31-26(20)33/h6-14,16,27,34H,15H2,1-5H3,(H,31,33). The summed E-state index contributed by atoms with van der Waals surface area (Å²) in [5.41, 5.74) is 2.62. The minimum absolute atomic E-state index is 0.308. The van der Waals surface area contributed by atoms with Crippen molar-refractivity contribution in [1.29, 1.82) is 0 Å². The predicted molar refractivity (Wildman–Crippen MR) is 139 cm³/mol. The first kappa shape index (κ1) is 23.6. The molecular weight excluding hydrogens is 468 g/mol. The fraction of sp³-hybridized carbons (Fsp3) is 0.333. The third kappa shape index (κ3) is 3.10. The van der Waals surface area contributed by atoms with Gasteiger partial charge >= 0.3 is 0 Å². The second-order valence-corrected chi connectivity index (χ2v) is 10.8. The van der Waals surface area contributed by atoms with Crippen LogP contribution in [-0.4, -0.2) is 29.4 Å². The third-order valence-corrected chi connectivity index (χ3v) is 8.45. The van der Waals surface area contributed by atoms with Gasteiger partial charge in [-0.2, -0.15) is 0 Å². The highest BCUT2D eigenvalue weighted by molar-refractivity contribution is 6.07. The van der Waals surface area contributed by atoms with E-state index in [4.69, 9.17) is 14.3 Å². The van der Waals surface area contributed by atoms with E-state index in [1.165, 1.54) is 7.11 Å². The number of fused-ring (bicyclic) bond motifs is 3. The summed E-state index contributed by atoms with van der Waals surface area (Å²) >= 11 is 0. The smallest absolute Gasteiger partial charge is 0.254 e. The van der Waals surface area contributed by atoms with Gasteiger partial charge in [0.15, 0.2) is 17.6 Å². The van der Waals surface area contributed by atoms with E-state index in [9.17, 15) is 9.90 Å². The van der Waals surface area contributed by atoms with Gasteiger partial charge in [-0.05, 0) is 42.7 Å². The van der Waals surface area contributed by atoms with Crippen LogP contribution in [0, 0.1) is 10.8 Å². The molecule has 1 spiro atoms. The maximum absolute atomic E-state index is 12.5. The first-order valence-electron chi connectivity index (χ1n) is 12.4. The van der Waals surface area contributed by atoms with E-state index in [0.29, 0.717) is 40.5 Å². The largest absolute Gasteiger partial charge is 0.477 e. The molecule has 2 aliphatic heterocycles. The molecule has 2 N–H and O–H groups in total. The van der Waals surface area contributed by atoms with Crippen LogP contribution in [0.1, 0.15) is 55.4 Å². The molecule has 1 amide bonds. The van der Waals surface area contributed by atoms with Crippen molar-refractivity contribution in [3.63, 3.8) is 0 Å². The molecule has 7 nitrogen and oxygen atoms in total. The Morgan fingerprint density at radius 3 is 2.59 bits per heavy atom. The molecule has 6 rings (SSSR count). The highest BCUT2D eigenvalue weighted by atomic mass is 16.6. The fourth-order valence-corrected chi connectivity index (χ4v) is 6.31. The monoisotopic (exact) mass is 498 g/mol. The lowest BCUT2D eigenvalue weighted by atomic mass is 9.52. The number of aliphatic hydroxyl groups is 1. The Morgan fingerprint density at radius 1 is 1.11 bits per heavy atom. The SMILES string of the molecule is CON=C1C(Oc2ccccc2)=CC23Oc4c(ccc5c4C(O)NC5=O)CC2(C)C(C)=CC=C3C1(C)C. The molecule has 2 aromatic rings. The number of hydrogen-bond acceptors (Lipinski definition) is 6. The predicted octanol–water partition coefficient (Wildman–Crippen LogP) is 4.99. The Labute approximate surface area is 216 Å². The molecule has 0 radical (unpaired) electrons. The number of nitrogens with one attached hydrogen (secondary N) is 1. The Balaban J connectivity index is 1.63. The van der Waals surface area contributed by atoms with Crippen molar-refractivity contribution in [1.82, 2.24) is 5.32 Å². The number of allylic oxidation sites excluding steroid dienone is 3. The van der Waals surface area contributed by atoms with Crippen LogP contribution in [0.4, 0.5) is 0 Å². The topological polar surface area (TPSA) is 89.4 Å². The van der Waals surface area contributed by atoms with Gasteiger partial charge in [-0.1, -0.05) is 67.9 Å². The number of nitrogens with zero attached hydrogens (tertiary/aromatic N) is 1. The van der Waals surface area contributed by atoms with Crippen LogP contribution in [0.25, 0.3) is 0 Å². The van der Waals surface area contributed by atoms with Crippen molar-refractivity contribution in [2.45, 2.75) is 45.9 Å². The van der Waals surface area contributed by atoms with Gasteiger partial charge in [0.1, 0.15) is 24.3 Å². The molecule has 0 fully saturated rings. The lowest BCUT2D eigenvalue weighted by Crippen LogP contribution is -2.62. The lowest BCUT2D eigenvalue weighted by molar-refractivity contribution is 0.00446. The molecule has 3 atom stereocenters. The van der Waals surface area contributed by atoms with Gasteiger partial charge in [0.2, 0.25) is 0 Å². The highest BCUT2D eigenvalue weighted by Gasteiger charge is 2.63. The Hall–Kier alpha value is -3.84. The van der Waals surface area contributed by atoms with Crippen LogP contribution in [0.5, 0.6) is 11.5 Å². The normalized spacial score (nSPS) is 29.9. The summed E-state index contributed by atoms with van der Waals surface area (Å²) in [7, 11) is 1.53. The van der Waals surface area contributed by atoms with Gasteiger partial charge in [-0.25, -0.2) is 0 Å². The molecule has 2 aliphatic carbocycles. The van der Waals surface area contributed by atoms with Gasteiger partial charge in [0, 0.05) is 16.9 Å². The van der Waals surface area contributed by atoms with Crippen LogP contribution >= 0.6 is 0 Å². The first-order chi connectivity index (χ1) is 17.6. The van der Waals surface area contributed by atoms with E-state index in [-0.39, 0.29) is 5.91 Å². The average Bonchev–Trinajstić information content (AvgIpc) is 3.15. The summed E-state index contributed by atoms with van der Waals surface area (Å²) < 4.78 is 13.5. The van der Waals surface area contributed by atoms with Gasteiger partial charge < -0.3 is 24.7 Å². The van der Waals surface area contributed by atoms with E-state index in [1.54, 1.807) is 6.07 Å². The van der Waals surface area contributed by atoms with Crippen LogP contribution < -0.4 is 14.8 Å². The first-order valence-corrected chi connectivity index (χ1v) is 12.4. The summed E-state index contributed by atoms with van der Waals surface area (Å²) in [6, 6.07) is 13.3. The quantitative estimate of drug-likeness (QED) is 0.582. The van der Waals surface area contributed by atoms with E-state index >= 15 is 0 Å². The number of rotatable bonds is 3. The molecule has 0 bridgehead atoms. The Kier molecular flexibility index (Phi) is 4.98. The molecule has 0 saturated heterocycles. The molecule has 3 unspecified atom stereocenters. The molecule has 37 heavy (non-hydrogen) atoms. The lowest BCUT2D eigenvalue weighted by Gasteiger charge is -2.58. The van der Waals surface area contributed by atoms with Crippen LogP contribution in [0.3, 0.4) is 0 Å². The van der Waals surface area contributed by atoms with E-state index in [0.717, 1.165) is 16.7 Å². The number of hydrogen-bond donors (Lipinski definition) is 2. The van der Waals surface area contributed by atoms with E-state index in [1.807, 2.05) is 42.5 Å². The van der Waals surface area contributed by atoms with Crippen molar-refractivity contribution in [2.75, 3.05) is 7.11 Å². The van der Waals surface area contributed by atoms with Crippen molar-refractivity contribution >= 4 is 11.6 Å². The van der Waals surface area contributed by atoms with Crippen LogP contribution in [0.15, 0.2) is 82.8 Å². The Morgan fingerprint density at radius 2 is 1.86 bits per heavy atom. The number of carbonyl (C=O) groups excluding carboxylic acids is 1. The molecule has 0 saturated carbocycles. The summed E-state index contributed by atoms with van der Waals surface area (Å²) in [6.45, 7) is 8.49. The summed E-state index contributed by atoms with van der Waals surface area (Å²) in [4.78, 5) is 17.8. The summed E-state index contributed by atoms with van der Waals surface area (Å²) in [5, 5.41) is 17.8. The minimum Gasteiger partial charge on any atom is -0.477 e. The van der Waals surface area contributed by atoms with Gasteiger partial charge in [-0.3, -0.25) is 4.79 Å². The number of para-hydroxylation sites is 1. The van der Waals surface area contributed by atoms with Crippen molar-refractivity contribution in [3.8, 4) is 11.5 Å². The van der Waals surface area contributed by atoms with E-state index < -0.39 is 22.7 Å². The number of amides is 1. The van der Waals surface area contributed by atoms with Crippen molar-refractivity contribution in [2.24, 2.45) is 16.0 Å². The molecule has 2 heterocycles. The second-order valence-electron chi connectivity index (χ2n) is 10.8. The fourth-order valence-electron chi connectivity index (χ4n) is 6.31. The minimum atomic E-state index is -1.13. The molecule has 4 aliphatic rings. The van der Waals surface area contributed by atoms with E-state index in [2.05, 4.69) is 50.3 Å². The summed E-state index contributed by atoms with van der Waals surface area (Å²) in [6.07, 6.45) is 5.78. The van der Waals surface area contributed by atoms with Crippen molar-refractivity contribution < 1.29 is 24.2 Å². The average molecular weight is 499 g/mol. The number of ether oxygens (including phenoxy) is 2. The second kappa shape index (κ2) is 7.83. The Bertz CT molecular complexity index is 1450. The van der Waals surface area contributed by atoms with Gasteiger partial charge in [0.25, 0.3) is 5.91 Å². The molecule has 2 aromatic carbocycles. The third-order valence-electron chi connectivity index (χ3n) is 8.45. The zero-order valence-electron chi connectivity index (χ0n) is 21.6. The number of oxime groups is 1. The van der Waals surface area contributed by atoms with Gasteiger partial charge in [-0.15, -0.1) is 0 Å². The molecular formula is C30H30N2O5. The maximum Gasteiger partial charge on any atom is 0.254 e. The van der Waals surface area contributed by atoms with Crippen LogP contribution in [0.2, 0.25) is 0 Å².